The van der Waals surface area contributed by atoms with Gasteiger partial charge in [0.15, 0.2) is 0 Å². The normalized spacial score (nSPS) is 18.2. The molecule has 16 heteroatoms. The first kappa shape index (κ1) is 33.0. The summed E-state index contributed by atoms with van der Waals surface area (Å²) in [6.07, 6.45) is -1.22. The predicted octanol–water partition coefficient (Wildman–Crippen LogP) is 5.76. The molecule has 1 fully saturated rings. The van der Waals surface area contributed by atoms with Crippen LogP contribution in [0.1, 0.15) is 64.2 Å². The molecule has 3 aromatic rings. The van der Waals surface area contributed by atoms with E-state index in [9.17, 15) is 27.3 Å². The summed E-state index contributed by atoms with van der Waals surface area (Å²) in [4.78, 5) is 43.8. The van der Waals surface area contributed by atoms with Crippen molar-refractivity contribution in [2.75, 3.05) is 31.8 Å². The Kier molecular flexibility index (Phi) is 9.75. The molecule has 1 unspecified atom stereocenters. The van der Waals surface area contributed by atoms with Gasteiger partial charge in [-0.2, -0.15) is 18.2 Å². The summed E-state index contributed by atoms with van der Waals surface area (Å²) in [5.74, 6) is -0.726. The fraction of sp³-hybridized carbons (Fsp3) is 0.400. The van der Waals surface area contributed by atoms with Gasteiger partial charge < -0.3 is 25.6 Å². The lowest BCUT2D eigenvalue weighted by molar-refractivity contribution is -0.137. The van der Waals surface area contributed by atoms with E-state index in [1.54, 1.807) is 32.3 Å². The number of hydrogen-bond acceptors (Lipinski definition) is 9. The van der Waals surface area contributed by atoms with Crippen molar-refractivity contribution in [3.8, 4) is 5.75 Å². The second-order valence-electron chi connectivity index (χ2n) is 11.1. The molecule has 0 bridgehead atoms. The van der Waals surface area contributed by atoms with Gasteiger partial charge in [0.05, 0.1) is 24.0 Å². The van der Waals surface area contributed by atoms with Gasteiger partial charge >= 0.3 is 14.4 Å². The van der Waals surface area contributed by atoms with E-state index in [4.69, 9.17) is 14.2 Å². The largest absolute Gasteiger partial charge is 0.695 e. The number of nitrogens with zero attached hydrogens (tertiary/aromatic N) is 3. The molecule has 2 heterocycles. The topological polar surface area (TPSA) is 155 Å². The van der Waals surface area contributed by atoms with Crippen molar-refractivity contribution in [3.05, 3.63) is 64.3 Å². The second-order valence-corrected chi connectivity index (χ2v) is 11.9. The molecule has 1 saturated carbocycles. The number of fused-ring (bicyclic) bond motifs is 1. The molecular weight excluding hydrogens is 628 g/mol. The molecule has 0 saturated heterocycles. The smallest absolute Gasteiger partial charge is 0.495 e. The highest BCUT2D eigenvalue weighted by atomic mass is 31.1. The molecule has 0 spiro atoms. The van der Waals surface area contributed by atoms with Crippen molar-refractivity contribution in [2.45, 2.75) is 50.9 Å². The number of benzene rings is 2. The van der Waals surface area contributed by atoms with Crippen LogP contribution in [0.15, 0.2) is 36.5 Å². The van der Waals surface area contributed by atoms with Gasteiger partial charge in [-0.25, -0.2) is 4.98 Å². The number of ether oxygens (including phenoxy) is 1. The highest BCUT2D eigenvalue weighted by molar-refractivity contribution is 7.32. The first-order valence-electron chi connectivity index (χ1n) is 14.5. The number of rotatable bonds is 10. The van der Waals surface area contributed by atoms with Crippen LogP contribution in [0.5, 0.6) is 5.75 Å². The lowest BCUT2D eigenvalue weighted by atomic mass is 9.76. The number of anilines is 4. The van der Waals surface area contributed by atoms with Crippen LogP contribution in [0.25, 0.3) is 0 Å². The molecule has 4 N–H and O–H groups in total. The van der Waals surface area contributed by atoms with Crippen LogP contribution in [0.2, 0.25) is 0 Å². The zero-order valence-electron chi connectivity index (χ0n) is 25.3. The van der Waals surface area contributed by atoms with Gasteiger partial charge in [0.1, 0.15) is 23.7 Å². The lowest BCUT2D eigenvalue weighted by Gasteiger charge is -2.29. The van der Waals surface area contributed by atoms with Gasteiger partial charge in [0.25, 0.3) is 5.91 Å². The molecule has 46 heavy (non-hydrogen) atoms. The standard InChI is InChI=1S/C30H32F3N6O6P/c1-34-27(40)18-7-5-17(6-8-18)19-9-11-23(25-20(19)14-39(2)28(25)41)36-26-21(30(31,32)33)13-35-29(38-26)37-22-10-4-16(12-24(22)44-3)15-45-46(42)43/h4,9-13,17-18H,5-8,14-15H2,1-3H3,(H3-,34,35,36,37,38,40,41,42,43)/p+1. The van der Waals surface area contributed by atoms with E-state index in [-0.39, 0.29) is 47.6 Å². The Morgan fingerprint density at radius 1 is 1.13 bits per heavy atom. The Morgan fingerprint density at radius 2 is 1.85 bits per heavy atom. The second kappa shape index (κ2) is 13.6. The molecular formula is C30H33F3N6O6P+. The number of methoxy groups -OCH3 is 1. The zero-order chi connectivity index (χ0) is 33.2. The first-order valence-corrected chi connectivity index (χ1v) is 15.6. The summed E-state index contributed by atoms with van der Waals surface area (Å²) in [5.41, 5.74) is 1.90. The minimum Gasteiger partial charge on any atom is -0.495 e. The minimum atomic E-state index is -4.80. The quantitative estimate of drug-likeness (QED) is 0.197. The highest BCUT2D eigenvalue weighted by Crippen LogP contribution is 2.43. The summed E-state index contributed by atoms with van der Waals surface area (Å²) in [6.45, 7) is 0.147. The maximum Gasteiger partial charge on any atom is 0.695 e. The van der Waals surface area contributed by atoms with E-state index in [2.05, 4.69) is 25.9 Å². The van der Waals surface area contributed by atoms with Gasteiger partial charge in [-0.05, 0) is 66.5 Å². The van der Waals surface area contributed by atoms with Crippen LogP contribution in [0.4, 0.5) is 36.3 Å². The first-order chi connectivity index (χ1) is 21.9. The van der Waals surface area contributed by atoms with Gasteiger partial charge in [0.2, 0.25) is 11.9 Å². The summed E-state index contributed by atoms with van der Waals surface area (Å²) in [7, 11) is 1.83. The number of carbonyl (C=O) groups is 2. The third-order valence-electron chi connectivity index (χ3n) is 8.29. The van der Waals surface area contributed by atoms with Crippen LogP contribution in [-0.2, 0) is 33.2 Å². The monoisotopic (exact) mass is 661 g/mol. The van der Waals surface area contributed by atoms with E-state index in [1.165, 1.54) is 18.1 Å². The summed E-state index contributed by atoms with van der Waals surface area (Å²) >= 11 is 0. The molecule has 1 aromatic heterocycles. The maximum atomic E-state index is 14.1. The number of nitrogens with one attached hydrogen (secondary N) is 3. The molecule has 12 nitrogen and oxygen atoms in total. The summed E-state index contributed by atoms with van der Waals surface area (Å²) in [5, 5.41) is 8.32. The van der Waals surface area contributed by atoms with Crippen molar-refractivity contribution >= 4 is 43.2 Å². The number of alkyl halides is 3. The molecule has 5 rings (SSSR count). The molecule has 2 amide bonds. The van der Waals surface area contributed by atoms with Crippen molar-refractivity contribution in [1.82, 2.24) is 20.2 Å². The number of aromatic nitrogens is 2. The molecule has 1 aliphatic carbocycles. The minimum absolute atomic E-state index is 0.0135. The van der Waals surface area contributed by atoms with E-state index >= 15 is 0 Å². The fourth-order valence-electron chi connectivity index (χ4n) is 5.99. The Hall–Kier alpha value is -4.33. The van der Waals surface area contributed by atoms with E-state index < -0.39 is 25.8 Å². The van der Waals surface area contributed by atoms with E-state index in [0.717, 1.165) is 24.0 Å². The van der Waals surface area contributed by atoms with Crippen LogP contribution < -0.4 is 20.7 Å². The number of hydrogen-bond donors (Lipinski definition) is 4. The zero-order valence-corrected chi connectivity index (χ0v) is 26.2. The Morgan fingerprint density at radius 3 is 2.50 bits per heavy atom. The average molecular weight is 662 g/mol. The van der Waals surface area contributed by atoms with Crippen LogP contribution >= 0.6 is 8.25 Å². The molecule has 1 atom stereocenters. The van der Waals surface area contributed by atoms with E-state index in [1.807, 2.05) is 6.07 Å². The van der Waals surface area contributed by atoms with Crippen LogP contribution in [-0.4, -0.2) is 52.8 Å². The van der Waals surface area contributed by atoms with Gasteiger partial charge in [0, 0.05) is 37.3 Å². The third-order valence-corrected chi connectivity index (χ3v) is 8.64. The Bertz CT molecular complexity index is 1660. The molecule has 244 valence electrons. The summed E-state index contributed by atoms with van der Waals surface area (Å²) < 4.78 is 63.3. The van der Waals surface area contributed by atoms with Gasteiger partial charge in [-0.3, -0.25) is 9.59 Å². The molecule has 2 aliphatic rings. The lowest BCUT2D eigenvalue weighted by Crippen LogP contribution is -2.30. The predicted molar refractivity (Wildman–Crippen MR) is 162 cm³/mol. The highest BCUT2D eigenvalue weighted by Gasteiger charge is 2.38. The van der Waals surface area contributed by atoms with Crippen LogP contribution in [0.3, 0.4) is 0 Å². The molecule has 0 radical (unpaired) electrons. The number of halogens is 3. The molecule has 2 aromatic carbocycles. The average Bonchev–Trinajstić information content (AvgIpc) is 3.33. The Labute approximate surface area is 263 Å². The SMILES string of the molecule is CNC(=O)C1CCC(c2ccc(Nc3nc(Nc4ccc(CO[P+](=O)O)cc4OC)ncc3C(F)(F)F)c3c2CN(C)C3=O)CC1. The van der Waals surface area contributed by atoms with Crippen molar-refractivity contribution in [2.24, 2.45) is 5.92 Å². The van der Waals surface area contributed by atoms with Gasteiger partial charge in [-0.1, -0.05) is 12.1 Å². The third kappa shape index (κ3) is 7.06. The van der Waals surface area contributed by atoms with Crippen LogP contribution in [0, 0.1) is 5.92 Å². The fourth-order valence-corrected chi connectivity index (χ4v) is 6.25. The molecule has 1 aliphatic heterocycles. The van der Waals surface area contributed by atoms with Crippen molar-refractivity contribution < 1.29 is 41.5 Å². The maximum absolute atomic E-state index is 14.1. The van der Waals surface area contributed by atoms with E-state index in [0.29, 0.717) is 42.4 Å². The van der Waals surface area contributed by atoms with Gasteiger partial charge in [-0.15, -0.1) is 9.42 Å². The summed E-state index contributed by atoms with van der Waals surface area (Å²) in [6, 6.07) is 8.09. The Balaban J connectivity index is 1.45. The number of carbonyl (C=O) groups excluding carboxylic acids is 2. The number of amides is 2. The van der Waals surface area contributed by atoms with Crippen molar-refractivity contribution in [1.29, 1.82) is 0 Å². The van der Waals surface area contributed by atoms with Crippen molar-refractivity contribution in [3.63, 3.8) is 0 Å².